The summed E-state index contributed by atoms with van der Waals surface area (Å²) in [6.45, 7) is 2.87. The molecule has 4 heterocycles. The van der Waals surface area contributed by atoms with Crippen LogP contribution in [0, 0.1) is 5.92 Å². The number of likely N-dealkylation sites (tertiary alicyclic amines) is 1. The lowest BCUT2D eigenvalue weighted by atomic mass is 9.49. The van der Waals surface area contributed by atoms with Gasteiger partial charge in [-0.05, 0) is 66.5 Å². The van der Waals surface area contributed by atoms with Crippen LogP contribution in [-0.4, -0.2) is 44.4 Å². The van der Waals surface area contributed by atoms with Crippen LogP contribution in [0.1, 0.15) is 53.3 Å². The molecule has 0 radical (unpaired) electrons. The number of para-hydroxylation sites is 1. The van der Waals surface area contributed by atoms with Crippen LogP contribution in [-0.2, 0) is 24.8 Å². The first-order chi connectivity index (χ1) is 18.6. The van der Waals surface area contributed by atoms with Crippen molar-refractivity contribution in [2.45, 2.75) is 61.8 Å². The van der Waals surface area contributed by atoms with E-state index in [1.165, 1.54) is 57.3 Å². The number of benzene rings is 3. The molecule has 4 aromatic rings. The molecule has 10 rings (SSSR count). The van der Waals surface area contributed by atoms with Gasteiger partial charge in [-0.2, -0.15) is 0 Å². The Bertz CT molecular complexity index is 1730. The lowest BCUT2D eigenvalue weighted by Gasteiger charge is -2.63. The summed E-state index contributed by atoms with van der Waals surface area (Å²) in [5.74, 6) is 1.59. The number of ether oxygens (including phenoxy) is 1. The molecule has 3 aromatic carbocycles. The molecule has 190 valence electrons. The number of rotatable bonds is 2. The second kappa shape index (κ2) is 6.47. The molecule has 3 aliphatic carbocycles. The molecule has 1 aromatic heterocycles. The monoisotopic (exact) mass is 502 g/mol. The minimum absolute atomic E-state index is 0.0583. The minimum atomic E-state index is -0.945. The molecule has 2 bridgehead atoms. The summed E-state index contributed by atoms with van der Waals surface area (Å²) in [6, 6.07) is 19.4. The van der Waals surface area contributed by atoms with E-state index in [0.717, 1.165) is 44.0 Å². The maximum atomic E-state index is 13.1. The van der Waals surface area contributed by atoms with Gasteiger partial charge in [0.2, 0.25) is 0 Å². The maximum absolute atomic E-state index is 13.1. The van der Waals surface area contributed by atoms with Gasteiger partial charge in [0, 0.05) is 42.1 Å². The Morgan fingerprint density at radius 3 is 2.74 bits per heavy atom. The molecule has 0 amide bonds. The maximum Gasteiger partial charge on any atom is 0.166 e. The zero-order valence-electron chi connectivity index (χ0n) is 21.3. The SMILES string of the molecule is Oc1ccc2c3c1O[C@H]1c4c(c5cccc6c5n4Cc4ccccc4-6)CC4(O)[C@@H](C2)N(CC2CC2)CC[C@]314. The van der Waals surface area contributed by atoms with Gasteiger partial charge in [0.25, 0.3) is 0 Å². The molecule has 2 N–H and O–H groups in total. The normalized spacial score (nSPS) is 31.5. The number of hydrogen-bond acceptors (Lipinski definition) is 4. The van der Waals surface area contributed by atoms with Crippen molar-refractivity contribution in [3.63, 3.8) is 0 Å². The number of fused-ring (bicyclic) bond motifs is 6. The first kappa shape index (κ1) is 20.7. The quantitative estimate of drug-likeness (QED) is 0.354. The Morgan fingerprint density at radius 1 is 0.974 bits per heavy atom. The van der Waals surface area contributed by atoms with Crippen LogP contribution in [0.15, 0.2) is 54.6 Å². The average Bonchev–Trinajstić information content (AvgIpc) is 3.60. The highest BCUT2D eigenvalue weighted by molar-refractivity contribution is 6.00. The third-order valence-corrected chi connectivity index (χ3v) is 11.1. The van der Waals surface area contributed by atoms with Crippen molar-refractivity contribution in [3.8, 4) is 22.6 Å². The molecule has 5 nitrogen and oxygen atoms in total. The third-order valence-electron chi connectivity index (χ3n) is 11.1. The lowest BCUT2D eigenvalue weighted by molar-refractivity contribution is -0.173. The molecule has 1 saturated heterocycles. The molecule has 5 heteroatoms. The molecule has 6 aliphatic rings. The number of phenols is 1. The van der Waals surface area contributed by atoms with Crippen molar-refractivity contribution in [3.05, 3.63) is 82.5 Å². The molecular formula is C33H30N2O3. The lowest BCUT2D eigenvalue weighted by Crippen LogP contribution is -2.74. The van der Waals surface area contributed by atoms with Crippen molar-refractivity contribution in [1.82, 2.24) is 9.47 Å². The highest BCUT2D eigenvalue weighted by Gasteiger charge is 2.73. The minimum Gasteiger partial charge on any atom is -0.504 e. The zero-order valence-corrected chi connectivity index (χ0v) is 21.3. The van der Waals surface area contributed by atoms with E-state index in [4.69, 9.17) is 4.74 Å². The van der Waals surface area contributed by atoms with Gasteiger partial charge in [-0.3, -0.25) is 4.90 Å². The van der Waals surface area contributed by atoms with E-state index in [1.54, 1.807) is 6.07 Å². The fourth-order valence-corrected chi connectivity index (χ4v) is 9.38. The number of hydrogen-bond donors (Lipinski definition) is 2. The highest BCUT2D eigenvalue weighted by atomic mass is 16.5. The number of aromatic hydroxyl groups is 1. The van der Waals surface area contributed by atoms with Crippen molar-refractivity contribution >= 4 is 10.9 Å². The van der Waals surface area contributed by atoms with Crippen molar-refractivity contribution < 1.29 is 14.9 Å². The fraction of sp³-hybridized carbons (Fsp3) is 0.394. The van der Waals surface area contributed by atoms with Gasteiger partial charge in [-0.25, -0.2) is 0 Å². The fourth-order valence-electron chi connectivity index (χ4n) is 9.38. The zero-order chi connectivity index (χ0) is 25.0. The van der Waals surface area contributed by atoms with Gasteiger partial charge in [0.05, 0.1) is 22.2 Å². The predicted octanol–water partition coefficient (Wildman–Crippen LogP) is 5.07. The number of nitrogens with zero attached hydrogens (tertiary/aromatic N) is 2. The van der Waals surface area contributed by atoms with Crippen molar-refractivity contribution in [1.29, 1.82) is 0 Å². The Labute approximate surface area is 221 Å². The highest BCUT2D eigenvalue weighted by Crippen LogP contribution is 2.69. The topological polar surface area (TPSA) is 57.9 Å². The van der Waals surface area contributed by atoms with Crippen LogP contribution in [0.25, 0.3) is 22.0 Å². The van der Waals surface area contributed by atoms with Crippen LogP contribution in [0.2, 0.25) is 0 Å². The number of piperidine rings is 1. The Balaban J connectivity index is 1.28. The van der Waals surface area contributed by atoms with Crippen LogP contribution < -0.4 is 4.74 Å². The van der Waals surface area contributed by atoms with Gasteiger partial charge < -0.3 is 19.5 Å². The summed E-state index contributed by atoms with van der Waals surface area (Å²) in [5.41, 5.74) is 8.47. The Morgan fingerprint density at radius 2 is 1.84 bits per heavy atom. The van der Waals surface area contributed by atoms with E-state index in [1.807, 2.05) is 0 Å². The molecule has 2 fully saturated rings. The summed E-state index contributed by atoms with van der Waals surface area (Å²) in [6.07, 6.45) is 4.61. The molecule has 1 saturated carbocycles. The van der Waals surface area contributed by atoms with Gasteiger partial charge in [-0.1, -0.05) is 48.5 Å². The number of aromatic nitrogens is 1. The van der Waals surface area contributed by atoms with E-state index < -0.39 is 11.0 Å². The van der Waals surface area contributed by atoms with Crippen LogP contribution in [0.4, 0.5) is 0 Å². The number of aliphatic hydroxyl groups is 1. The molecule has 4 atom stereocenters. The standard InChI is InChI=1S/C33H30N2O3/c36-25-11-10-19-14-26-33(37)15-24-23-7-3-6-22-21-5-2-1-4-20(21)17-35(28(22)23)29(24)31-32(33,27(19)30(25)38-31)12-13-34(26)16-18-8-9-18/h1-7,10-11,18,26,31,36-37H,8-9,12-17H2/t26-,31+,32+,33?/m1/s1. The van der Waals surface area contributed by atoms with E-state index in [2.05, 4.69) is 58.0 Å². The first-order valence-electron chi connectivity index (χ1n) is 14.3. The van der Waals surface area contributed by atoms with Gasteiger partial charge >= 0.3 is 0 Å². The van der Waals surface area contributed by atoms with Crippen LogP contribution in [0.3, 0.4) is 0 Å². The largest absolute Gasteiger partial charge is 0.504 e. The summed E-state index contributed by atoms with van der Waals surface area (Å²) < 4.78 is 9.39. The number of phenolic OH excluding ortho intramolecular Hbond substituents is 1. The predicted molar refractivity (Wildman–Crippen MR) is 145 cm³/mol. The van der Waals surface area contributed by atoms with Crippen LogP contribution in [0.5, 0.6) is 11.5 Å². The van der Waals surface area contributed by atoms with Crippen LogP contribution >= 0.6 is 0 Å². The van der Waals surface area contributed by atoms with E-state index in [9.17, 15) is 10.2 Å². The van der Waals surface area contributed by atoms with Crippen molar-refractivity contribution in [2.75, 3.05) is 13.1 Å². The molecule has 1 spiro atoms. The molecule has 3 aliphatic heterocycles. The summed E-state index contributed by atoms with van der Waals surface area (Å²) >= 11 is 0. The Kier molecular flexibility index (Phi) is 3.51. The Hall–Kier alpha value is -3.28. The second-order valence-electron chi connectivity index (χ2n) is 12.7. The van der Waals surface area contributed by atoms with E-state index >= 15 is 0 Å². The van der Waals surface area contributed by atoms with Gasteiger partial charge in [0.1, 0.15) is 0 Å². The molecular weight excluding hydrogens is 472 g/mol. The third kappa shape index (κ3) is 2.15. The van der Waals surface area contributed by atoms with E-state index in [0.29, 0.717) is 12.2 Å². The van der Waals surface area contributed by atoms with Gasteiger partial charge in [0.15, 0.2) is 17.6 Å². The van der Waals surface area contributed by atoms with Crippen molar-refractivity contribution in [2.24, 2.45) is 5.92 Å². The molecule has 38 heavy (non-hydrogen) atoms. The summed E-state index contributed by atoms with van der Waals surface area (Å²) in [5, 5.41) is 25.4. The van der Waals surface area contributed by atoms with E-state index in [-0.39, 0.29) is 17.9 Å². The summed E-state index contributed by atoms with van der Waals surface area (Å²) in [4.78, 5) is 2.61. The smallest absolute Gasteiger partial charge is 0.166 e. The second-order valence-corrected chi connectivity index (χ2v) is 12.7. The van der Waals surface area contributed by atoms with Gasteiger partial charge in [-0.15, -0.1) is 0 Å². The molecule has 1 unspecified atom stereocenters. The average molecular weight is 503 g/mol. The summed E-state index contributed by atoms with van der Waals surface area (Å²) in [7, 11) is 0. The first-order valence-corrected chi connectivity index (χ1v) is 14.3.